The average molecular weight is 234 g/mol. The van der Waals surface area contributed by atoms with E-state index in [0.717, 1.165) is 5.82 Å². The van der Waals surface area contributed by atoms with Crippen LogP contribution in [0.4, 0.5) is 4.39 Å². The number of nitrogens with two attached hydrogens (primary N) is 1. The van der Waals surface area contributed by atoms with Crippen molar-refractivity contribution in [1.82, 2.24) is 14.8 Å². The highest BCUT2D eigenvalue weighted by molar-refractivity contribution is 5.27. The average Bonchev–Trinajstić information content (AvgIpc) is 2.68. The summed E-state index contributed by atoms with van der Waals surface area (Å²) in [4.78, 5) is 4.08. The van der Waals surface area contributed by atoms with Crippen molar-refractivity contribution in [3.8, 4) is 0 Å². The van der Waals surface area contributed by atoms with Crippen LogP contribution in [0.2, 0.25) is 0 Å². The van der Waals surface area contributed by atoms with Gasteiger partial charge in [-0.05, 0) is 12.5 Å². The lowest BCUT2D eigenvalue weighted by molar-refractivity contribution is 0.559. The van der Waals surface area contributed by atoms with E-state index in [2.05, 4.69) is 10.1 Å². The normalized spacial score (nSPS) is 12.7. The molecule has 1 heterocycles. The van der Waals surface area contributed by atoms with E-state index in [1.807, 2.05) is 6.07 Å². The first-order valence-corrected chi connectivity index (χ1v) is 5.43. The van der Waals surface area contributed by atoms with Gasteiger partial charge in [-0.15, -0.1) is 0 Å². The third-order valence-corrected chi connectivity index (χ3v) is 2.83. The molecule has 2 aromatic rings. The van der Waals surface area contributed by atoms with E-state index in [9.17, 15) is 4.39 Å². The quantitative estimate of drug-likeness (QED) is 0.875. The van der Waals surface area contributed by atoms with Crippen LogP contribution >= 0.6 is 0 Å². The van der Waals surface area contributed by atoms with Crippen LogP contribution < -0.4 is 5.73 Å². The standard InChI is InChI=1S/C12H15FN4/c1-8-4-3-5-9(12(8)13)10(14)6-11-15-7-16-17(11)2/h3-5,7,10H,6,14H2,1-2H3. The topological polar surface area (TPSA) is 56.7 Å². The molecule has 0 saturated carbocycles. The van der Waals surface area contributed by atoms with Crippen LogP contribution in [0.15, 0.2) is 24.5 Å². The molecule has 0 bridgehead atoms. The van der Waals surface area contributed by atoms with E-state index in [1.165, 1.54) is 6.33 Å². The molecule has 0 aliphatic rings. The lowest BCUT2D eigenvalue weighted by Gasteiger charge is -2.13. The lowest BCUT2D eigenvalue weighted by Crippen LogP contribution is -2.17. The predicted molar refractivity (Wildman–Crippen MR) is 62.8 cm³/mol. The molecule has 5 heteroatoms. The summed E-state index contributed by atoms with van der Waals surface area (Å²) in [6.45, 7) is 1.73. The number of hydrogen-bond acceptors (Lipinski definition) is 3. The van der Waals surface area contributed by atoms with Gasteiger partial charge in [0.05, 0.1) is 0 Å². The third-order valence-electron chi connectivity index (χ3n) is 2.83. The van der Waals surface area contributed by atoms with Crippen molar-refractivity contribution in [3.63, 3.8) is 0 Å². The molecule has 90 valence electrons. The van der Waals surface area contributed by atoms with E-state index >= 15 is 0 Å². The maximum absolute atomic E-state index is 13.9. The summed E-state index contributed by atoms with van der Waals surface area (Å²) in [6.07, 6.45) is 1.94. The van der Waals surface area contributed by atoms with Gasteiger partial charge in [0, 0.05) is 25.1 Å². The van der Waals surface area contributed by atoms with E-state index < -0.39 is 6.04 Å². The Hall–Kier alpha value is -1.75. The lowest BCUT2D eigenvalue weighted by atomic mass is 10.0. The minimum Gasteiger partial charge on any atom is -0.323 e. The van der Waals surface area contributed by atoms with Crippen LogP contribution in [0.3, 0.4) is 0 Å². The minimum absolute atomic E-state index is 0.234. The molecule has 1 aromatic carbocycles. The van der Waals surface area contributed by atoms with Crippen LogP contribution in [-0.4, -0.2) is 14.8 Å². The van der Waals surface area contributed by atoms with E-state index in [1.54, 1.807) is 30.8 Å². The summed E-state index contributed by atoms with van der Waals surface area (Å²) in [5.41, 5.74) is 7.13. The molecular formula is C12H15FN4. The highest BCUT2D eigenvalue weighted by atomic mass is 19.1. The second-order valence-electron chi connectivity index (χ2n) is 4.09. The predicted octanol–water partition coefficient (Wildman–Crippen LogP) is 1.51. The Morgan fingerprint density at radius 2 is 2.24 bits per heavy atom. The number of aryl methyl sites for hydroxylation is 2. The zero-order valence-electron chi connectivity index (χ0n) is 9.89. The number of aromatic nitrogens is 3. The van der Waals surface area contributed by atoms with Gasteiger partial charge in [0.15, 0.2) is 0 Å². The molecule has 1 atom stereocenters. The van der Waals surface area contributed by atoms with Crippen LogP contribution in [0.25, 0.3) is 0 Å². The first kappa shape index (κ1) is 11.7. The maximum Gasteiger partial charge on any atom is 0.138 e. The molecule has 0 saturated heterocycles. The van der Waals surface area contributed by atoms with E-state index in [0.29, 0.717) is 17.5 Å². The summed E-state index contributed by atoms with van der Waals surface area (Å²) in [7, 11) is 1.79. The Labute approximate surface area is 99.3 Å². The fraction of sp³-hybridized carbons (Fsp3) is 0.333. The van der Waals surface area contributed by atoms with Crippen molar-refractivity contribution in [3.05, 3.63) is 47.3 Å². The Bertz CT molecular complexity index is 521. The Balaban J connectivity index is 2.23. The molecular weight excluding hydrogens is 219 g/mol. The number of hydrogen-bond donors (Lipinski definition) is 1. The van der Waals surface area contributed by atoms with Gasteiger partial charge in [0.2, 0.25) is 0 Å². The van der Waals surface area contributed by atoms with Gasteiger partial charge in [-0.1, -0.05) is 18.2 Å². The van der Waals surface area contributed by atoms with Gasteiger partial charge in [-0.2, -0.15) is 5.10 Å². The molecule has 0 spiro atoms. The Morgan fingerprint density at radius 1 is 1.47 bits per heavy atom. The summed E-state index contributed by atoms with van der Waals surface area (Å²) < 4.78 is 15.5. The molecule has 0 aliphatic heterocycles. The van der Waals surface area contributed by atoms with Crippen molar-refractivity contribution in [2.45, 2.75) is 19.4 Å². The molecule has 4 nitrogen and oxygen atoms in total. The van der Waals surface area contributed by atoms with Crippen molar-refractivity contribution in [1.29, 1.82) is 0 Å². The van der Waals surface area contributed by atoms with Gasteiger partial charge < -0.3 is 5.73 Å². The van der Waals surface area contributed by atoms with E-state index in [-0.39, 0.29) is 5.82 Å². The molecule has 1 aromatic heterocycles. The molecule has 2 N–H and O–H groups in total. The molecule has 1 unspecified atom stereocenters. The maximum atomic E-state index is 13.9. The molecule has 0 aliphatic carbocycles. The summed E-state index contributed by atoms with van der Waals surface area (Å²) >= 11 is 0. The third kappa shape index (κ3) is 2.34. The van der Waals surface area contributed by atoms with Gasteiger partial charge in [0.1, 0.15) is 18.0 Å². The van der Waals surface area contributed by atoms with Crippen LogP contribution in [0.1, 0.15) is 23.0 Å². The fourth-order valence-electron chi connectivity index (χ4n) is 1.77. The molecule has 0 radical (unpaired) electrons. The summed E-state index contributed by atoms with van der Waals surface area (Å²) in [5.74, 6) is 0.514. The monoisotopic (exact) mass is 234 g/mol. The van der Waals surface area contributed by atoms with Gasteiger partial charge in [-0.3, -0.25) is 4.68 Å². The molecule has 2 rings (SSSR count). The molecule has 0 amide bonds. The second kappa shape index (κ2) is 4.63. The van der Waals surface area contributed by atoms with Crippen LogP contribution in [0, 0.1) is 12.7 Å². The smallest absolute Gasteiger partial charge is 0.138 e. The van der Waals surface area contributed by atoms with E-state index in [4.69, 9.17) is 5.73 Å². The minimum atomic E-state index is -0.405. The number of halogens is 1. The molecule has 17 heavy (non-hydrogen) atoms. The van der Waals surface area contributed by atoms with Crippen molar-refractivity contribution >= 4 is 0 Å². The van der Waals surface area contributed by atoms with Crippen LogP contribution in [-0.2, 0) is 13.5 Å². The number of rotatable bonds is 3. The van der Waals surface area contributed by atoms with Crippen molar-refractivity contribution in [2.24, 2.45) is 12.8 Å². The fourth-order valence-corrected chi connectivity index (χ4v) is 1.77. The zero-order valence-corrected chi connectivity index (χ0v) is 9.89. The second-order valence-corrected chi connectivity index (χ2v) is 4.09. The number of benzene rings is 1. The summed E-state index contributed by atoms with van der Waals surface area (Å²) in [6, 6.07) is 4.85. The SMILES string of the molecule is Cc1cccc(C(N)Cc2ncnn2C)c1F. The van der Waals surface area contributed by atoms with Crippen molar-refractivity contribution in [2.75, 3.05) is 0 Å². The van der Waals surface area contributed by atoms with Gasteiger partial charge >= 0.3 is 0 Å². The van der Waals surface area contributed by atoms with Crippen LogP contribution in [0.5, 0.6) is 0 Å². The largest absolute Gasteiger partial charge is 0.323 e. The Morgan fingerprint density at radius 3 is 2.88 bits per heavy atom. The zero-order chi connectivity index (χ0) is 12.4. The highest BCUT2D eigenvalue weighted by Gasteiger charge is 2.15. The van der Waals surface area contributed by atoms with Gasteiger partial charge in [0.25, 0.3) is 0 Å². The number of nitrogens with zero attached hydrogens (tertiary/aromatic N) is 3. The van der Waals surface area contributed by atoms with Crippen molar-refractivity contribution < 1.29 is 4.39 Å². The van der Waals surface area contributed by atoms with Gasteiger partial charge in [-0.25, -0.2) is 9.37 Å². The summed E-state index contributed by atoms with van der Waals surface area (Å²) in [5, 5.41) is 3.96. The first-order chi connectivity index (χ1) is 8.09. The first-order valence-electron chi connectivity index (χ1n) is 5.43. The Kier molecular flexibility index (Phi) is 3.19. The highest BCUT2D eigenvalue weighted by Crippen LogP contribution is 2.20. The molecule has 0 fully saturated rings.